The first-order valence-electron chi connectivity index (χ1n) is 7.44. The Balaban J connectivity index is 1.87. The fourth-order valence-electron chi connectivity index (χ4n) is 2.22. The number of ether oxygens (including phenoxy) is 2. The zero-order valence-corrected chi connectivity index (χ0v) is 13.7. The van der Waals surface area contributed by atoms with Crippen LogP contribution in [0.4, 0.5) is 0 Å². The molecule has 0 saturated heterocycles. The van der Waals surface area contributed by atoms with E-state index >= 15 is 0 Å². The van der Waals surface area contributed by atoms with E-state index in [-0.39, 0.29) is 5.91 Å². The molecule has 124 valence electrons. The van der Waals surface area contributed by atoms with Crippen molar-refractivity contribution in [2.75, 3.05) is 27.4 Å². The van der Waals surface area contributed by atoms with Crippen LogP contribution in [0.25, 0.3) is 0 Å². The molecule has 0 radical (unpaired) electrons. The minimum absolute atomic E-state index is 0.160. The summed E-state index contributed by atoms with van der Waals surface area (Å²) in [7, 11) is 3.21. The lowest BCUT2D eigenvalue weighted by Gasteiger charge is -2.10. The van der Waals surface area contributed by atoms with Crippen LogP contribution in [-0.2, 0) is 17.7 Å². The second-order valence-corrected chi connectivity index (χ2v) is 5.06. The maximum Gasteiger partial charge on any atom is 0.252 e. The average molecular weight is 318 g/mol. The summed E-state index contributed by atoms with van der Waals surface area (Å²) < 4.78 is 12.2. The molecule has 2 rings (SSSR count). The molecule has 7 nitrogen and oxygen atoms in total. The monoisotopic (exact) mass is 318 g/mol. The van der Waals surface area contributed by atoms with E-state index in [1.165, 1.54) is 13.3 Å². The summed E-state index contributed by atoms with van der Waals surface area (Å²) in [6.45, 7) is 3.91. The van der Waals surface area contributed by atoms with E-state index in [4.69, 9.17) is 9.47 Å². The molecule has 0 unspecified atom stereocenters. The Labute approximate surface area is 135 Å². The van der Waals surface area contributed by atoms with Gasteiger partial charge in [-0.05, 0) is 13.0 Å². The van der Waals surface area contributed by atoms with Gasteiger partial charge in [0, 0.05) is 50.8 Å². The first-order chi connectivity index (χ1) is 11.2. The van der Waals surface area contributed by atoms with Crippen molar-refractivity contribution in [3.8, 4) is 5.88 Å². The Morgan fingerprint density at radius 1 is 1.26 bits per heavy atom. The third kappa shape index (κ3) is 4.53. The van der Waals surface area contributed by atoms with Crippen LogP contribution in [0, 0.1) is 6.92 Å². The van der Waals surface area contributed by atoms with E-state index in [0.29, 0.717) is 31.0 Å². The normalized spacial score (nSPS) is 10.6. The number of carbonyl (C=O) groups is 1. The molecule has 0 saturated carbocycles. The van der Waals surface area contributed by atoms with E-state index in [1.807, 2.05) is 13.1 Å². The lowest BCUT2D eigenvalue weighted by molar-refractivity contribution is 0.0953. The maximum atomic E-state index is 12.1. The number of hydrogen-bond donors (Lipinski definition) is 1. The molecule has 0 fully saturated rings. The molecule has 0 aliphatic heterocycles. The highest BCUT2D eigenvalue weighted by Crippen LogP contribution is 2.07. The molecular formula is C16H22N4O3. The number of aryl methyl sites for hydroxylation is 1. The van der Waals surface area contributed by atoms with Crippen LogP contribution in [0.15, 0.2) is 24.5 Å². The highest BCUT2D eigenvalue weighted by molar-refractivity contribution is 5.93. The van der Waals surface area contributed by atoms with Crippen molar-refractivity contribution < 1.29 is 14.3 Å². The number of carbonyl (C=O) groups excluding carboxylic acids is 1. The molecule has 0 aliphatic rings. The van der Waals surface area contributed by atoms with Crippen molar-refractivity contribution >= 4 is 5.91 Å². The molecule has 2 aromatic heterocycles. The SMILES string of the molecule is COCCn1c(C)cnc1CCNC(=O)c1ccc(OC)nc1. The second kappa shape index (κ2) is 8.28. The van der Waals surface area contributed by atoms with Gasteiger partial charge in [0.15, 0.2) is 0 Å². The minimum atomic E-state index is -0.160. The predicted molar refractivity (Wildman–Crippen MR) is 85.7 cm³/mol. The molecule has 1 amide bonds. The van der Waals surface area contributed by atoms with E-state index in [2.05, 4.69) is 19.9 Å². The molecular weight excluding hydrogens is 296 g/mol. The van der Waals surface area contributed by atoms with Gasteiger partial charge < -0.3 is 19.4 Å². The standard InChI is InChI=1S/C16H22N4O3/c1-12-10-18-14(20(12)8-9-22-2)6-7-17-16(21)13-4-5-15(23-3)19-11-13/h4-5,10-11H,6-9H2,1-3H3,(H,17,21). The first kappa shape index (κ1) is 17.0. The Kier molecular flexibility index (Phi) is 6.10. The summed E-state index contributed by atoms with van der Waals surface area (Å²) in [4.78, 5) is 20.5. The lowest BCUT2D eigenvalue weighted by atomic mass is 10.2. The molecule has 0 spiro atoms. The van der Waals surface area contributed by atoms with Crippen molar-refractivity contribution in [2.45, 2.75) is 19.9 Å². The summed E-state index contributed by atoms with van der Waals surface area (Å²) in [5.41, 5.74) is 1.59. The Morgan fingerprint density at radius 2 is 2.09 bits per heavy atom. The highest BCUT2D eigenvalue weighted by atomic mass is 16.5. The fraction of sp³-hybridized carbons (Fsp3) is 0.438. The minimum Gasteiger partial charge on any atom is -0.481 e. The molecule has 2 aromatic rings. The van der Waals surface area contributed by atoms with Crippen molar-refractivity contribution in [1.29, 1.82) is 0 Å². The number of nitrogens with one attached hydrogen (secondary N) is 1. The van der Waals surface area contributed by atoms with Crippen molar-refractivity contribution in [3.63, 3.8) is 0 Å². The Bertz CT molecular complexity index is 637. The third-order valence-electron chi connectivity index (χ3n) is 3.50. The van der Waals surface area contributed by atoms with Crippen LogP contribution in [0.5, 0.6) is 5.88 Å². The summed E-state index contributed by atoms with van der Waals surface area (Å²) in [5, 5.41) is 2.87. The van der Waals surface area contributed by atoms with E-state index in [9.17, 15) is 4.79 Å². The van der Waals surface area contributed by atoms with Gasteiger partial charge >= 0.3 is 0 Å². The van der Waals surface area contributed by atoms with Gasteiger partial charge in [-0.3, -0.25) is 4.79 Å². The van der Waals surface area contributed by atoms with Crippen LogP contribution in [0.3, 0.4) is 0 Å². The van der Waals surface area contributed by atoms with Gasteiger partial charge in [0.25, 0.3) is 5.91 Å². The van der Waals surface area contributed by atoms with Crippen molar-refractivity contribution in [3.05, 3.63) is 41.6 Å². The summed E-state index contributed by atoms with van der Waals surface area (Å²) >= 11 is 0. The quantitative estimate of drug-likeness (QED) is 0.791. The molecule has 23 heavy (non-hydrogen) atoms. The van der Waals surface area contributed by atoms with Gasteiger partial charge in [-0.2, -0.15) is 0 Å². The first-order valence-corrected chi connectivity index (χ1v) is 7.44. The van der Waals surface area contributed by atoms with Crippen LogP contribution in [0.2, 0.25) is 0 Å². The number of pyridine rings is 1. The molecule has 1 N–H and O–H groups in total. The number of nitrogens with zero attached hydrogens (tertiary/aromatic N) is 3. The number of imidazole rings is 1. The largest absolute Gasteiger partial charge is 0.481 e. The van der Waals surface area contributed by atoms with Crippen LogP contribution in [-0.4, -0.2) is 47.8 Å². The van der Waals surface area contributed by atoms with E-state index < -0.39 is 0 Å². The van der Waals surface area contributed by atoms with Gasteiger partial charge in [-0.25, -0.2) is 9.97 Å². The van der Waals surface area contributed by atoms with Crippen molar-refractivity contribution in [2.24, 2.45) is 0 Å². The molecule has 0 aromatic carbocycles. The summed E-state index contributed by atoms with van der Waals surface area (Å²) in [5.74, 6) is 1.26. The van der Waals surface area contributed by atoms with Gasteiger partial charge in [0.2, 0.25) is 5.88 Å². The predicted octanol–water partition coefficient (Wildman–Crippen LogP) is 1.21. The molecule has 0 aliphatic carbocycles. The number of aromatic nitrogens is 3. The molecule has 7 heteroatoms. The van der Waals surface area contributed by atoms with Gasteiger partial charge in [-0.1, -0.05) is 0 Å². The number of hydrogen-bond acceptors (Lipinski definition) is 5. The molecule has 0 atom stereocenters. The third-order valence-corrected chi connectivity index (χ3v) is 3.50. The molecule has 0 bridgehead atoms. The average Bonchev–Trinajstić information content (AvgIpc) is 2.93. The Morgan fingerprint density at radius 3 is 2.74 bits per heavy atom. The zero-order valence-electron chi connectivity index (χ0n) is 13.7. The van der Waals surface area contributed by atoms with Crippen LogP contribution < -0.4 is 10.1 Å². The number of rotatable bonds is 8. The van der Waals surface area contributed by atoms with E-state index in [1.54, 1.807) is 19.2 Å². The number of methoxy groups -OCH3 is 2. The maximum absolute atomic E-state index is 12.1. The van der Waals surface area contributed by atoms with Gasteiger partial charge in [-0.15, -0.1) is 0 Å². The van der Waals surface area contributed by atoms with Gasteiger partial charge in [0.05, 0.1) is 19.3 Å². The lowest BCUT2D eigenvalue weighted by Crippen LogP contribution is -2.26. The Hall–Kier alpha value is -2.41. The topological polar surface area (TPSA) is 78.3 Å². The molecule has 2 heterocycles. The number of amides is 1. The second-order valence-electron chi connectivity index (χ2n) is 5.06. The van der Waals surface area contributed by atoms with Crippen LogP contribution in [0.1, 0.15) is 21.9 Å². The van der Waals surface area contributed by atoms with Crippen LogP contribution >= 0.6 is 0 Å². The highest BCUT2D eigenvalue weighted by Gasteiger charge is 2.09. The van der Waals surface area contributed by atoms with Crippen molar-refractivity contribution in [1.82, 2.24) is 19.9 Å². The smallest absolute Gasteiger partial charge is 0.252 e. The summed E-state index contributed by atoms with van der Waals surface area (Å²) in [6.07, 6.45) is 3.99. The fourth-order valence-corrected chi connectivity index (χ4v) is 2.22. The van der Waals surface area contributed by atoms with E-state index in [0.717, 1.165) is 18.1 Å². The van der Waals surface area contributed by atoms with Gasteiger partial charge in [0.1, 0.15) is 5.82 Å². The summed E-state index contributed by atoms with van der Waals surface area (Å²) in [6, 6.07) is 3.35. The zero-order chi connectivity index (χ0) is 16.7.